The molecular formula is C18H14O4S. The molecule has 116 valence electrons. The third-order valence-corrected chi connectivity index (χ3v) is 4.37. The number of hydrogen-bond donors (Lipinski definition) is 1. The van der Waals surface area contributed by atoms with E-state index in [-0.39, 0.29) is 10.6 Å². The average Bonchev–Trinajstić information content (AvgIpc) is 2.59. The fourth-order valence-electron chi connectivity index (χ4n) is 2.12. The summed E-state index contributed by atoms with van der Waals surface area (Å²) in [5, 5.41) is 10.2. The van der Waals surface area contributed by atoms with Crippen molar-refractivity contribution >= 4 is 11.8 Å². The molecule has 5 heteroatoms. The summed E-state index contributed by atoms with van der Waals surface area (Å²) >= 11 is 1.11. The highest BCUT2D eigenvalue weighted by molar-refractivity contribution is 7.99. The Labute approximate surface area is 137 Å². The summed E-state index contributed by atoms with van der Waals surface area (Å²) in [6.45, 7) is 0. The molecule has 0 radical (unpaired) electrons. The van der Waals surface area contributed by atoms with Crippen LogP contribution < -0.4 is 10.4 Å². The first-order valence-corrected chi connectivity index (χ1v) is 7.74. The van der Waals surface area contributed by atoms with Gasteiger partial charge in [-0.2, -0.15) is 0 Å². The van der Waals surface area contributed by atoms with Crippen LogP contribution in [0.15, 0.2) is 79.7 Å². The van der Waals surface area contributed by atoms with Crippen LogP contribution in [0, 0.1) is 0 Å². The van der Waals surface area contributed by atoms with Crippen LogP contribution in [0.1, 0.15) is 0 Å². The van der Waals surface area contributed by atoms with Gasteiger partial charge in [-0.1, -0.05) is 54.2 Å². The molecule has 0 saturated heterocycles. The number of ether oxygens (including phenoxy) is 1. The van der Waals surface area contributed by atoms with Gasteiger partial charge in [-0.25, -0.2) is 4.79 Å². The first-order chi connectivity index (χ1) is 11.2. The van der Waals surface area contributed by atoms with E-state index < -0.39 is 5.63 Å². The molecule has 0 aliphatic carbocycles. The van der Waals surface area contributed by atoms with Crippen LogP contribution in [0.5, 0.6) is 11.5 Å². The van der Waals surface area contributed by atoms with E-state index in [1.165, 1.54) is 6.07 Å². The molecule has 4 nitrogen and oxygen atoms in total. The third kappa shape index (κ3) is 3.24. The van der Waals surface area contributed by atoms with Gasteiger partial charge in [0.2, 0.25) is 0 Å². The zero-order valence-corrected chi connectivity index (χ0v) is 13.2. The quantitative estimate of drug-likeness (QED) is 0.779. The second-order valence-electron chi connectivity index (χ2n) is 4.73. The van der Waals surface area contributed by atoms with Crippen molar-refractivity contribution in [3.8, 4) is 22.8 Å². The van der Waals surface area contributed by atoms with Gasteiger partial charge < -0.3 is 14.3 Å². The van der Waals surface area contributed by atoms with Crippen LogP contribution >= 0.6 is 11.8 Å². The molecule has 0 spiro atoms. The highest BCUT2D eigenvalue weighted by atomic mass is 32.2. The van der Waals surface area contributed by atoms with Crippen LogP contribution in [0.3, 0.4) is 0 Å². The van der Waals surface area contributed by atoms with Crippen molar-refractivity contribution < 1.29 is 14.3 Å². The summed E-state index contributed by atoms with van der Waals surface area (Å²) in [5.41, 5.74) is 0.147. The van der Waals surface area contributed by atoms with Gasteiger partial charge in [-0.3, -0.25) is 0 Å². The Kier molecular flexibility index (Phi) is 4.39. The molecule has 0 saturated carbocycles. The zero-order chi connectivity index (χ0) is 16.2. The summed E-state index contributed by atoms with van der Waals surface area (Å²) < 4.78 is 10.6. The van der Waals surface area contributed by atoms with E-state index in [0.29, 0.717) is 11.5 Å². The summed E-state index contributed by atoms with van der Waals surface area (Å²) in [4.78, 5) is 13.1. The minimum atomic E-state index is -0.584. The van der Waals surface area contributed by atoms with Crippen LogP contribution in [0.4, 0.5) is 0 Å². The van der Waals surface area contributed by atoms with Crippen molar-refractivity contribution in [1.82, 2.24) is 0 Å². The van der Waals surface area contributed by atoms with Crippen molar-refractivity contribution in [3.63, 3.8) is 0 Å². The first-order valence-electron chi connectivity index (χ1n) is 6.92. The summed E-state index contributed by atoms with van der Waals surface area (Å²) in [6, 6.07) is 17.9. The SMILES string of the molecule is COc1ccccc1Sc1c(O)cc(-c2ccccc2)oc1=O. The number of aromatic hydroxyl groups is 1. The van der Waals surface area contributed by atoms with E-state index in [2.05, 4.69) is 0 Å². The molecular weight excluding hydrogens is 312 g/mol. The maximum atomic E-state index is 12.2. The second-order valence-corrected chi connectivity index (χ2v) is 5.78. The van der Waals surface area contributed by atoms with Crippen molar-refractivity contribution in [2.75, 3.05) is 7.11 Å². The lowest BCUT2D eigenvalue weighted by Gasteiger charge is -2.08. The lowest BCUT2D eigenvalue weighted by Crippen LogP contribution is -2.03. The summed E-state index contributed by atoms with van der Waals surface area (Å²) in [7, 11) is 1.56. The number of methoxy groups -OCH3 is 1. The van der Waals surface area contributed by atoms with E-state index in [4.69, 9.17) is 9.15 Å². The highest BCUT2D eigenvalue weighted by Crippen LogP contribution is 2.38. The maximum Gasteiger partial charge on any atom is 0.354 e. The molecule has 1 aromatic heterocycles. The minimum Gasteiger partial charge on any atom is -0.506 e. The van der Waals surface area contributed by atoms with Gasteiger partial charge in [0.1, 0.15) is 22.2 Å². The molecule has 3 aromatic rings. The van der Waals surface area contributed by atoms with Crippen LogP contribution in [-0.2, 0) is 0 Å². The van der Waals surface area contributed by atoms with Crippen molar-refractivity contribution in [2.45, 2.75) is 9.79 Å². The summed E-state index contributed by atoms with van der Waals surface area (Å²) in [6.07, 6.45) is 0. The van der Waals surface area contributed by atoms with Gasteiger partial charge in [0, 0.05) is 11.6 Å². The van der Waals surface area contributed by atoms with E-state index in [0.717, 1.165) is 22.2 Å². The van der Waals surface area contributed by atoms with E-state index in [1.807, 2.05) is 48.5 Å². The first kappa shape index (κ1) is 15.2. The average molecular weight is 326 g/mol. The Morgan fingerprint density at radius 1 is 1.04 bits per heavy atom. The number of hydrogen-bond acceptors (Lipinski definition) is 5. The highest BCUT2D eigenvalue weighted by Gasteiger charge is 2.15. The molecule has 0 unspecified atom stereocenters. The smallest absolute Gasteiger partial charge is 0.354 e. The van der Waals surface area contributed by atoms with E-state index in [1.54, 1.807) is 13.2 Å². The Bertz CT molecular complexity index is 872. The molecule has 1 heterocycles. The fourth-order valence-corrected chi connectivity index (χ4v) is 3.03. The lowest BCUT2D eigenvalue weighted by atomic mass is 10.1. The topological polar surface area (TPSA) is 59.7 Å². The normalized spacial score (nSPS) is 10.5. The molecule has 1 N–H and O–H groups in total. The lowest BCUT2D eigenvalue weighted by molar-refractivity contribution is 0.404. The molecule has 0 bridgehead atoms. The predicted octanol–water partition coefficient (Wildman–Crippen LogP) is 4.17. The van der Waals surface area contributed by atoms with Crippen molar-refractivity contribution in [1.29, 1.82) is 0 Å². The minimum absolute atomic E-state index is 0.115. The monoisotopic (exact) mass is 326 g/mol. The van der Waals surface area contributed by atoms with Gasteiger partial charge in [0.15, 0.2) is 0 Å². The Balaban J connectivity index is 2.00. The molecule has 0 aliphatic heterocycles. The number of rotatable bonds is 4. The van der Waals surface area contributed by atoms with E-state index >= 15 is 0 Å². The van der Waals surface area contributed by atoms with Crippen LogP contribution in [0.25, 0.3) is 11.3 Å². The second kappa shape index (κ2) is 6.62. The molecule has 0 amide bonds. The number of benzene rings is 2. The summed E-state index contributed by atoms with van der Waals surface area (Å²) in [5.74, 6) is 0.844. The Hall–Kier alpha value is -2.66. The van der Waals surface area contributed by atoms with Gasteiger partial charge in [0.05, 0.1) is 12.0 Å². The van der Waals surface area contributed by atoms with Gasteiger partial charge in [-0.15, -0.1) is 0 Å². The van der Waals surface area contributed by atoms with Crippen LogP contribution in [-0.4, -0.2) is 12.2 Å². The Morgan fingerprint density at radius 3 is 2.43 bits per heavy atom. The zero-order valence-electron chi connectivity index (χ0n) is 12.4. The standard InChI is InChI=1S/C18H14O4S/c1-21-14-9-5-6-10-16(14)23-17-13(19)11-15(22-18(17)20)12-7-3-2-4-8-12/h2-11,19H,1H3. The van der Waals surface area contributed by atoms with Crippen LogP contribution in [0.2, 0.25) is 0 Å². The number of para-hydroxylation sites is 1. The largest absolute Gasteiger partial charge is 0.506 e. The molecule has 3 rings (SSSR count). The van der Waals surface area contributed by atoms with E-state index in [9.17, 15) is 9.90 Å². The fraction of sp³-hybridized carbons (Fsp3) is 0.0556. The molecule has 0 fully saturated rings. The molecule has 0 atom stereocenters. The molecule has 23 heavy (non-hydrogen) atoms. The molecule has 0 aliphatic rings. The van der Waals surface area contributed by atoms with Gasteiger partial charge in [0.25, 0.3) is 0 Å². The molecule has 2 aromatic carbocycles. The van der Waals surface area contributed by atoms with Gasteiger partial charge >= 0.3 is 5.63 Å². The third-order valence-electron chi connectivity index (χ3n) is 3.23. The Morgan fingerprint density at radius 2 is 1.74 bits per heavy atom. The van der Waals surface area contributed by atoms with Crippen molar-refractivity contribution in [3.05, 3.63) is 71.1 Å². The van der Waals surface area contributed by atoms with Crippen molar-refractivity contribution in [2.24, 2.45) is 0 Å². The maximum absolute atomic E-state index is 12.2. The van der Waals surface area contributed by atoms with Gasteiger partial charge in [-0.05, 0) is 12.1 Å². The predicted molar refractivity (Wildman–Crippen MR) is 89.2 cm³/mol.